The second-order valence-electron chi connectivity index (χ2n) is 5.65. The van der Waals surface area contributed by atoms with Crippen molar-refractivity contribution < 1.29 is 14.0 Å². The highest BCUT2D eigenvalue weighted by Gasteiger charge is 2.31. The van der Waals surface area contributed by atoms with Gasteiger partial charge in [-0.2, -0.15) is 5.26 Å². The van der Waals surface area contributed by atoms with Crippen molar-refractivity contribution in [2.75, 3.05) is 16.8 Å². The second kappa shape index (κ2) is 7.01. The molecule has 3 amide bonds. The number of urea groups is 1. The summed E-state index contributed by atoms with van der Waals surface area (Å²) in [5.74, 6) is -0.679. The minimum Gasteiger partial charge on any atom is -0.333 e. The minimum absolute atomic E-state index is 0.0721. The summed E-state index contributed by atoms with van der Waals surface area (Å²) in [4.78, 5) is 25.7. The Labute approximate surface area is 143 Å². The van der Waals surface area contributed by atoms with Gasteiger partial charge in [0.25, 0.3) is 0 Å². The van der Waals surface area contributed by atoms with Gasteiger partial charge in [0.05, 0.1) is 23.4 Å². The maximum absolute atomic E-state index is 13.5. The topological polar surface area (TPSA) is 85.2 Å². The number of halogens is 1. The molecule has 0 spiro atoms. The number of para-hydroxylation sites is 1. The number of hydrogen-bond donors (Lipinski definition) is 2. The summed E-state index contributed by atoms with van der Waals surface area (Å²) in [6, 6.07) is 13.6. The Bertz CT molecular complexity index is 862. The predicted molar refractivity (Wildman–Crippen MR) is 90.5 cm³/mol. The van der Waals surface area contributed by atoms with Crippen LogP contribution in [0.4, 0.5) is 20.6 Å². The summed E-state index contributed by atoms with van der Waals surface area (Å²) < 4.78 is 13.5. The van der Waals surface area contributed by atoms with E-state index in [0.29, 0.717) is 17.8 Å². The Morgan fingerprint density at radius 1 is 1.24 bits per heavy atom. The third kappa shape index (κ3) is 3.75. The van der Waals surface area contributed by atoms with Crippen molar-refractivity contribution in [3.8, 4) is 6.07 Å². The summed E-state index contributed by atoms with van der Waals surface area (Å²) in [6.45, 7) is 0.290. The molecule has 0 aliphatic carbocycles. The first-order chi connectivity index (χ1) is 12.1. The van der Waals surface area contributed by atoms with E-state index in [1.807, 2.05) is 6.07 Å². The molecule has 0 aromatic heterocycles. The number of rotatable bonds is 3. The first-order valence-electron chi connectivity index (χ1n) is 7.69. The van der Waals surface area contributed by atoms with E-state index in [-0.39, 0.29) is 18.0 Å². The van der Waals surface area contributed by atoms with Gasteiger partial charge in [-0.05, 0) is 30.3 Å². The van der Waals surface area contributed by atoms with Gasteiger partial charge in [0.2, 0.25) is 5.91 Å². The molecule has 2 N–H and O–H groups in total. The van der Waals surface area contributed by atoms with Crippen LogP contribution < -0.4 is 15.5 Å². The number of benzene rings is 2. The van der Waals surface area contributed by atoms with Crippen molar-refractivity contribution in [3.63, 3.8) is 0 Å². The average molecular weight is 338 g/mol. The predicted octanol–water partition coefficient (Wildman–Crippen LogP) is 2.62. The van der Waals surface area contributed by atoms with Gasteiger partial charge >= 0.3 is 6.03 Å². The molecule has 1 atom stereocenters. The summed E-state index contributed by atoms with van der Waals surface area (Å²) in [5.41, 5.74) is 1.14. The molecule has 1 unspecified atom stereocenters. The molecule has 25 heavy (non-hydrogen) atoms. The van der Waals surface area contributed by atoms with Crippen LogP contribution in [0.1, 0.15) is 12.0 Å². The van der Waals surface area contributed by atoms with Gasteiger partial charge < -0.3 is 15.5 Å². The molecule has 6 nitrogen and oxygen atoms in total. The Morgan fingerprint density at radius 2 is 2.04 bits per heavy atom. The molecule has 0 radical (unpaired) electrons. The molecule has 2 aromatic rings. The molecule has 1 aliphatic heterocycles. The molecule has 3 rings (SSSR count). The van der Waals surface area contributed by atoms with Crippen LogP contribution in [0.25, 0.3) is 0 Å². The van der Waals surface area contributed by atoms with Gasteiger partial charge in [0, 0.05) is 18.7 Å². The number of nitriles is 1. The zero-order chi connectivity index (χ0) is 17.8. The number of carbonyl (C=O) groups excluding carboxylic acids is 2. The standard InChI is InChI=1S/C18H15FN4O2/c19-15-6-1-2-7-16(15)22-18(25)21-13-9-17(24)23(11-13)14-5-3-4-12(8-14)10-20/h1-8,13H,9,11H2,(H2,21,22,25). The maximum Gasteiger partial charge on any atom is 0.319 e. The van der Waals surface area contributed by atoms with Gasteiger partial charge in [-0.15, -0.1) is 0 Å². The second-order valence-corrected chi connectivity index (χ2v) is 5.65. The number of anilines is 2. The normalized spacial score (nSPS) is 16.4. The van der Waals surface area contributed by atoms with Crippen LogP contribution in [-0.2, 0) is 4.79 Å². The van der Waals surface area contributed by atoms with E-state index in [1.54, 1.807) is 30.3 Å². The van der Waals surface area contributed by atoms with E-state index in [0.717, 1.165) is 0 Å². The van der Waals surface area contributed by atoms with Crippen molar-refractivity contribution in [1.82, 2.24) is 5.32 Å². The highest BCUT2D eigenvalue weighted by Crippen LogP contribution is 2.22. The lowest BCUT2D eigenvalue weighted by Crippen LogP contribution is -2.39. The van der Waals surface area contributed by atoms with E-state index in [9.17, 15) is 14.0 Å². The maximum atomic E-state index is 13.5. The van der Waals surface area contributed by atoms with Crippen molar-refractivity contribution in [1.29, 1.82) is 5.26 Å². The molecule has 1 heterocycles. The Morgan fingerprint density at radius 3 is 2.80 bits per heavy atom. The fraction of sp³-hybridized carbons (Fsp3) is 0.167. The first-order valence-corrected chi connectivity index (χ1v) is 7.69. The SMILES string of the molecule is N#Cc1cccc(N2CC(NC(=O)Nc3ccccc3F)CC2=O)c1. The van der Waals surface area contributed by atoms with Crippen LogP contribution in [0.15, 0.2) is 48.5 Å². The molecule has 7 heteroatoms. The largest absolute Gasteiger partial charge is 0.333 e. The van der Waals surface area contributed by atoms with Gasteiger partial charge in [-0.3, -0.25) is 4.79 Å². The lowest BCUT2D eigenvalue weighted by Gasteiger charge is -2.17. The van der Waals surface area contributed by atoms with Crippen LogP contribution >= 0.6 is 0 Å². The number of amides is 3. The monoisotopic (exact) mass is 338 g/mol. The molecule has 2 aromatic carbocycles. The van der Waals surface area contributed by atoms with E-state index in [1.165, 1.54) is 23.1 Å². The highest BCUT2D eigenvalue weighted by atomic mass is 19.1. The smallest absolute Gasteiger partial charge is 0.319 e. The summed E-state index contributed by atoms with van der Waals surface area (Å²) in [6.07, 6.45) is 0.140. The first kappa shape index (κ1) is 16.5. The van der Waals surface area contributed by atoms with Gasteiger partial charge in [-0.25, -0.2) is 9.18 Å². The zero-order valence-electron chi connectivity index (χ0n) is 13.2. The van der Waals surface area contributed by atoms with E-state index >= 15 is 0 Å². The van der Waals surface area contributed by atoms with Crippen molar-refractivity contribution in [2.45, 2.75) is 12.5 Å². The van der Waals surface area contributed by atoms with Crippen molar-refractivity contribution >= 4 is 23.3 Å². The average Bonchev–Trinajstić information content (AvgIpc) is 2.97. The third-order valence-electron chi connectivity index (χ3n) is 3.87. The van der Waals surface area contributed by atoms with Crippen molar-refractivity contribution in [3.05, 3.63) is 59.9 Å². The molecule has 0 bridgehead atoms. The number of nitrogens with zero attached hydrogens (tertiary/aromatic N) is 2. The van der Waals surface area contributed by atoms with Gasteiger partial charge in [-0.1, -0.05) is 18.2 Å². The highest BCUT2D eigenvalue weighted by molar-refractivity contribution is 5.97. The molecule has 0 saturated carbocycles. The minimum atomic E-state index is -0.574. The molecule has 126 valence electrons. The van der Waals surface area contributed by atoms with Gasteiger partial charge in [0.1, 0.15) is 5.82 Å². The van der Waals surface area contributed by atoms with Crippen LogP contribution in [0.3, 0.4) is 0 Å². The quantitative estimate of drug-likeness (QED) is 0.902. The van der Waals surface area contributed by atoms with Crippen LogP contribution in [0.5, 0.6) is 0 Å². The summed E-state index contributed by atoms with van der Waals surface area (Å²) in [5, 5.41) is 14.1. The molecule has 1 saturated heterocycles. The Hall–Kier alpha value is -3.40. The van der Waals surface area contributed by atoms with Crippen LogP contribution in [-0.4, -0.2) is 24.5 Å². The molecular formula is C18H15FN4O2. The number of hydrogen-bond acceptors (Lipinski definition) is 3. The number of nitrogens with one attached hydrogen (secondary N) is 2. The fourth-order valence-corrected chi connectivity index (χ4v) is 2.70. The lowest BCUT2D eigenvalue weighted by atomic mass is 10.2. The fourth-order valence-electron chi connectivity index (χ4n) is 2.70. The molecule has 1 fully saturated rings. The van der Waals surface area contributed by atoms with E-state index in [4.69, 9.17) is 5.26 Å². The van der Waals surface area contributed by atoms with E-state index in [2.05, 4.69) is 10.6 Å². The zero-order valence-corrected chi connectivity index (χ0v) is 13.2. The Balaban J connectivity index is 1.63. The Kier molecular flexibility index (Phi) is 4.61. The lowest BCUT2D eigenvalue weighted by molar-refractivity contribution is -0.117. The van der Waals surface area contributed by atoms with Crippen molar-refractivity contribution in [2.24, 2.45) is 0 Å². The third-order valence-corrected chi connectivity index (χ3v) is 3.87. The van der Waals surface area contributed by atoms with Crippen LogP contribution in [0.2, 0.25) is 0 Å². The molecular weight excluding hydrogens is 323 g/mol. The van der Waals surface area contributed by atoms with Gasteiger partial charge in [0.15, 0.2) is 0 Å². The van der Waals surface area contributed by atoms with E-state index < -0.39 is 17.9 Å². The summed E-state index contributed by atoms with van der Waals surface area (Å²) >= 11 is 0. The number of carbonyl (C=O) groups is 2. The molecule has 1 aliphatic rings. The van der Waals surface area contributed by atoms with Crippen LogP contribution in [0, 0.1) is 17.1 Å². The summed E-state index contributed by atoms with van der Waals surface area (Å²) in [7, 11) is 0.